The summed E-state index contributed by atoms with van der Waals surface area (Å²) >= 11 is 0. The second-order valence-electron chi connectivity index (χ2n) is 18.7. The van der Waals surface area contributed by atoms with E-state index in [1.807, 2.05) is 26.0 Å². The summed E-state index contributed by atoms with van der Waals surface area (Å²) < 4.78 is 12.2. The Bertz CT molecular complexity index is 1530. The first-order valence-electron chi connectivity index (χ1n) is 21.8. The zero-order chi connectivity index (χ0) is 41.3. The summed E-state index contributed by atoms with van der Waals surface area (Å²) in [7, 11) is 0. The molecule has 3 rings (SSSR count). The SMILES string of the molecule is CC(=O)Oc1c(C)c(C)c2c(c1C)CC[C@@](C)(CCC[C@H](C)CCC[C@H](C)CCCC(C)C)O2.CC1=C(/C=C/C(C)=C/C=C/C(C)=C/CO)C(C)(C)CCC1. The lowest BCUT2D eigenvalue weighted by Gasteiger charge is -2.38. The number of esters is 1. The molecule has 0 saturated carbocycles. The average Bonchev–Trinajstić information content (AvgIpc) is 3.08. The first-order valence-corrected chi connectivity index (χ1v) is 21.8. The number of rotatable bonds is 18. The molecule has 0 fully saturated rings. The minimum absolute atomic E-state index is 0.0985. The van der Waals surface area contributed by atoms with Crippen molar-refractivity contribution in [1.82, 2.24) is 0 Å². The van der Waals surface area contributed by atoms with Crippen molar-refractivity contribution >= 4 is 5.97 Å². The molecule has 0 aromatic heterocycles. The number of aliphatic hydroxyl groups excluding tert-OH is 1. The van der Waals surface area contributed by atoms with Gasteiger partial charge in [0.1, 0.15) is 17.1 Å². The predicted octanol–water partition coefficient (Wildman–Crippen LogP) is 14.6. The maximum atomic E-state index is 11.6. The molecule has 310 valence electrons. The van der Waals surface area contributed by atoms with Gasteiger partial charge in [0.25, 0.3) is 0 Å². The zero-order valence-electron chi connectivity index (χ0n) is 38.0. The van der Waals surface area contributed by atoms with Crippen molar-refractivity contribution in [1.29, 1.82) is 0 Å². The van der Waals surface area contributed by atoms with Crippen LogP contribution < -0.4 is 9.47 Å². The first-order chi connectivity index (χ1) is 25.8. The van der Waals surface area contributed by atoms with Crippen LogP contribution in [0.5, 0.6) is 11.5 Å². The summed E-state index contributed by atoms with van der Waals surface area (Å²) in [5.41, 5.74) is 9.95. The normalized spacial score (nSPS) is 20.0. The third-order valence-electron chi connectivity index (χ3n) is 12.3. The standard InChI is InChI=1S/C31H52O3.C20H30O/c1-21(2)13-10-14-22(3)15-11-16-23(4)17-12-19-31(9)20-18-28-26(7)29(33-27(8)32)24(5)25(6)30(28)34-31;1-16(8-6-9-17(2)13-15-21)11-12-19-18(3)10-7-14-20(19,4)5/h21-23H,10-20H2,1-9H3;6,8-9,11-13,21H,7,10,14-15H2,1-5H3/b;9-6+,12-11+,16-8+,17-13+/t22-,23-,31-;/m1./s1. The molecular weight excluding hydrogens is 677 g/mol. The summed E-state index contributed by atoms with van der Waals surface area (Å²) in [6.07, 6.45) is 30.2. The van der Waals surface area contributed by atoms with Gasteiger partial charge >= 0.3 is 5.97 Å². The van der Waals surface area contributed by atoms with E-state index in [1.54, 1.807) is 6.08 Å². The maximum Gasteiger partial charge on any atom is 0.308 e. The molecular formula is C51H82O4. The summed E-state index contributed by atoms with van der Waals surface area (Å²) in [4.78, 5) is 11.6. The Morgan fingerprint density at radius 3 is 2.00 bits per heavy atom. The zero-order valence-corrected chi connectivity index (χ0v) is 38.0. The number of carbonyl (C=O) groups excluding carboxylic acids is 1. The fourth-order valence-corrected chi connectivity index (χ4v) is 8.40. The van der Waals surface area contributed by atoms with Crippen molar-refractivity contribution < 1.29 is 19.4 Å². The Morgan fingerprint density at radius 2 is 1.42 bits per heavy atom. The van der Waals surface area contributed by atoms with E-state index in [-0.39, 0.29) is 18.2 Å². The summed E-state index contributed by atoms with van der Waals surface area (Å²) in [6.45, 7) is 30.6. The maximum absolute atomic E-state index is 11.6. The highest BCUT2D eigenvalue weighted by atomic mass is 16.5. The van der Waals surface area contributed by atoms with Gasteiger partial charge in [-0.1, -0.05) is 140 Å². The highest BCUT2D eigenvalue weighted by molar-refractivity contribution is 5.72. The fourth-order valence-electron chi connectivity index (χ4n) is 8.40. The van der Waals surface area contributed by atoms with E-state index in [9.17, 15) is 4.79 Å². The minimum Gasteiger partial charge on any atom is -0.487 e. The number of aliphatic hydroxyl groups is 1. The van der Waals surface area contributed by atoms with E-state index < -0.39 is 0 Å². The number of fused-ring (bicyclic) bond motifs is 1. The number of benzene rings is 1. The molecule has 0 amide bonds. The van der Waals surface area contributed by atoms with Crippen molar-refractivity contribution in [3.63, 3.8) is 0 Å². The van der Waals surface area contributed by atoms with Gasteiger partial charge in [0, 0.05) is 12.5 Å². The largest absolute Gasteiger partial charge is 0.487 e. The van der Waals surface area contributed by atoms with Crippen molar-refractivity contribution in [3.8, 4) is 11.5 Å². The lowest BCUT2D eigenvalue weighted by atomic mass is 9.72. The Morgan fingerprint density at radius 1 is 0.800 bits per heavy atom. The van der Waals surface area contributed by atoms with Crippen LogP contribution in [0, 0.1) is 43.9 Å². The molecule has 55 heavy (non-hydrogen) atoms. The van der Waals surface area contributed by atoms with Gasteiger partial charge in [0.05, 0.1) is 6.61 Å². The van der Waals surface area contributed by atoms with E-state index in [0.29, 0.717) is 5.41 Å². The van der Waals surface area contributed by atoms with Gasteiger partial charge in [0.15, 0.2) is 0 Å². The highest BCUT2D eigenvalue weighted by Crippen LogP contribution is 2.45. The van der Waals surface area contributed by atoms with Crippen LogP contribution in [0.1, 0.15) is 182 Å². The van der Waals surface area contributed by atoms with Crippen LogP contribution >= 0.6 is 0 Å². The molecule has 0 bridgehead atoms. The second kappa shape index (κ2) is 23.4. The van der Waals surface area contributed by atoms with Gasteiger partial charge < -0.3 is 14.6 Å². The molecule has 1 aliphatic carbocycles. The van der Waals surface area contributed by atoms with E-state index in [2.05, 4.69) is 94.4 Å². The highest BCUT2D eigenvalue weighted by Gasteiger charge is 2.35. The van der Waals surface area contributed by atoms with Crippen LogP contribution in [-0.2, 0) is 11.2 Å². The predicted molar refractivity (Wildman–Crippen MR) is 237 cm³/mol. The molecule has 1 heterocycles. The number of hydrogen-bond donors (Lipinski definition) is 1. The van der Waals surface area contributed by atoms with Gasteiger partial charge in [-0.05, 0) is 139 Å². The number of ether oxygens (including phenoxy) is 2. The smallest absolute Gasteiger partial charge is 0.308 e. The van der Waals surface area contributed by atoms with Crippen LogP contribution in [0.2, 0.25) is 0 Å². The van der Waals surface area contributed by atoms with E-state index in [1.165, 1.54) is 99.8 Å². The van der Waals surface area contributed by atoms with Crippen molar-refractivity contribution in [2.45, 2.75) is 192 Å². The topological polar surface area (TPSA) is 55.8 Å². The van der Waals surface area contributed by atoms with Crippen LogP contribution in [0.25, 0.3) is 0 Å². The number of allylic oxidation sites excluding steroid dienone is 9. The third-order valence-corrected chi connectivity index (χ3v) is 12.3. The van der Waals surface area contributed by atoms with Crippen LogP contribution in [0.4, 0.5) is 0 Å². The molecule has 4 heteroatoms. The van der Waals surface area contributed by atoms with E-state index >= 15 is 0 Å². The van der Waals surface area contributed by atoms with Gasteiger partial charge in [-0.3, -0.25) is 4.79 Å². The van der Waals surface area contributed by atoms with Crippen molar-refractivity contribution in [2.75, 3.05) is 6.61 Å². The van der Waals surface area contributed by atoms with Gasteiger partial charge in [-0.2, -0.15) is 0 Å². The Balaban J connectivity index is 0.000000426. The number of carbonyl (C=O) groups is 1. The fraction of sp³-hybridized carbons (Fsp3) is 0.667. The first kappa shape index (κ1) is 48.3. The molecule has 2 aliphatic rings. The molecule has 3 atom stereocenters. The third kappa shape index (κ3) is 16.6. The molecule has 4 nitrogen and oxygen atoms in total. The average molecular weight is 759 g/mol. The van der Waals surface area contributed by atoms with Gasteiger partial charge in [0.2, 0.25) is 0 Å². The van der Waals surface area contributed by atoms with Gasteiger partial charge in [-0.15, -0.1) is 0 Å². The molecule has 0 spiro atoms. The summed E-state index contributed by atoms with van der Waals surface area (Å²) in [5, 5.41) is 8.81. The van der Waals surface area contributed by atoms with E-state index in [0.717, 1.165) is 70.8 Å². The molecule has 1 aromatic carbocycles. The number of hydrogen-bond acceptors (Lipinski definition) is 4. The quantitative estimate of drug-likeness (QED) is 0.0920. The van der Waals surface area contributed by atoms with Crippen molar-refractivity contribution in [3.05, 3.63) is 81.0 Å². The molecule has 1 N–H and O–H groups in total. The minimum atomic E-state index is -0.262. The summed E-state index contributed by atoms with van der Waals surface area (Å²) in [5.74, 6) is 3.99. The molecule has 0 saturated heterocycles. The Hall–Kier alpha value is -2.85. The van der Waals surface area contributed by atoms with Gasteiger partial charge in [-0.25, -0.2) is 0 Å². The van der Waals surface area contributed by atoms with E-state index in [4.69, 9.17) is 14.6 Å². The van der Waals surface area contributed by atoms with Crippen molar-refractivity contribution in [2.24, 2.45) is 23.2 Å². The van der Waals surface area contributed by atoms with Crippen LogP contribution in [-0.4, -0.2) is 23.3 Å². The Labute approximate surface area is 339 Å². The van der Waals surface area contributed by atoms with Crippen LogP contribution in [0.3, 0.4) is 0 Å². The molecule has 0 unspecified atom stereocenters. The Kier molecular flexibility index (Phi) is 20.5. The van der Waals surface area contributed by atoms with Crippen LogP contribution in [0.15, 0.2) is 58.7 Å². The monoisotopic (exact) mass is 759 g/mol. The lowest BCUT2D eigenvalue weighted by molar-refractivity contribution is -0.132. The summed E-state index contributed by atoms with van der Waals surface area (Å²) in [6, 6.07) is 0. The molecule has 0 radical (unpaired) electrons. The molecule has 1 aromatic rings. The second-order valence-corrected chi connectivity index (χ2v) is 18.7. The molecule has 1 aliphatic heterocycles. The lowest BCUT2D eigenvalue weighted by Crippen LogP contribution is -2.37.